The van der Waals surface area contributed by atoms with E-state index in [9.17, 15) is 0 Å². The second-order valence-electron chi connectivity index (χ2n) is 8.05. The molecule has 4 unspecified atom stereocenters. The predicted octanol–water partition coefficient (Wildman–Crippen LogP) is 4.46. The van der Waals surface area contributed by atoms with Gasteiger partial charge in [-0.1, -0.05) is 54.9 Å². The molecular formula is C16H33N. The highest BCUT2D eigenvalue weighted by molar-refractivity contribution is 5.12. The smallest absolute Gasteiger partial charge is 0.0213 e. The summed E-state index contributed by atoms with van der Waals surface area (Å²) in [6.45, 7) is 18.6. The minimum absolute atomic E-state index is 0.0562. The topological polar surface area (TPSA) is 26.0 Å². The molecule has 0 aliphatic heterocycles. The Balaban J connectivity index is 2.84. The molecule has 102 valence electrons. The van der Waals surface area contributed by atoms with Crippen LogP contribution in [0.5, 0.6) is 0 Å². The monoisotopic (exact) mass is 239 g/mol. The standard InChI is InChI=1S/C16H33N/c1-9-11(2)12-10-13(12)16(8,17)15(6,7)14(3,4)5/h11-13H,9-10,17H2,1-8H3. The molecule has 0 bridgehead atoms. The molecule has 0 aromatic heterocycles. The van der Waals surface area contributed by atoms with Gasteiger partial charge in [-0.15, -0.1) is 0 Å². The Kier molecular flexibility index (Phi) is 3.76. The van der Waals surface area contributed by atoms with Crippen LogP contribution in [0.1, 0.15) is 68.2 Å². The van der Waals surface area contributed by atoms with E-state index in [1.165, 1.54) is 12.8 Å². The zero-order valence-electron chi connectivity index (χ0n) is 13.2. The lowest BCUT2D eigenvalue weighted by atomic mass is 9.57. The van der Waals surface area contributed by atoms with Crippen LogP contribution in [0.3, 0.4) is 0 Å². The summed E-state index contributed by atoms with van der Waals surface area (Å²) >= 11 is 0. The number of nitrogens with two attached hydrogens (primary N) is 1. The minimum Gasteiger partial charge on any atom is -0.325 e. The van der Waals surface area contributed by atoms with Crippen LogP contribution in [0.4, 0.5) is 0 Å². The third kappa shape index (κ3) is 2.41. The molecule has 1 aliphatic rings. The summed E-state index contributed by atoms with van der Waals surface area (Å²) in [6, 6.07) is 0. The molecular weight excluding hydrogens is 206 g/mol. The van der Waals surface area contributed by atoms with Gasteiger partial charge in [0.05, 0.1) is 0 Å². The number of hydrogen-bond donors (Lipinski definition) is 1. The molecule has 2 N–H and O–H groups in total. The largest absolute Gasteiger partial charge is 0.325 e. The fourth-order valence-electron chi connectivity index (χ4n) is 3.11. The van der Waals surface area contributed by atoms with Crippen molar-refractivity contribution < 1.29 is 0 Å². The van der Waals surface area contributed by atoms with Crippen LogP contribution >= 0.6 is 0 Å². The first-order valence-electron chi connectivity index (χ1n) is 7.25. The summed E-state index contributed by atoms with van der Waals surface area (Å²) in [6.07, 6.45) is 2.62. The van der Waals surface area contributed by atoms with E-state index in [0.717, 1.165) is 11.8 Å². The van der Waals surface area contributed by atoms with Gasteiger partial charge in [-0.2, -0.15) is 0 Å². The maximum Gasteiger partial charge on any atom is 0.0213 e. The average molecular weight is 239 g/mol. The molecule has 0 amide bonds. The van der Waals surface area contributed by atoms with Gasteiger partial charge in [0, 0.05) is 5.54 Å². The molecule has 1 saturated carbocycles. The second-order valence-corrected chi connectivity index (χ2v) is 8.05. The van der Waals surface area contributed by atoms with Crippen molar-refractivity contribution in [2.75, 3.05) is 0 Å². The number of rotatable bonds is 4. The maximum atomic E-state index is 6.77. The highest BCUT2D eigenvalue weighted by Gasteiger charge is 2.58. The van der Waals surface area contributed by atoms with Crippen LogP contribution in [0.2, 0.25) is 0 Å². The zero-order valence-corrected chi connectivity index (χ0v) is 13.2. The normalized spacial score (nSPS) is 30.9. The van der Waals surface area contributed by atoms with Crippen LogP contribution in [0.15, 0.2) is 0 Å². The lowest BCUT2D eigenvalue weighted by Gasteiger charge is -2.51. The first kappa shape index (κ1) is 15.0. The quantitative estimate of drug-likeness (QED) is 0.770. The van der Waals surface area contributed by atoms with Crippen molar-refractivity contribution >= 4 is 0 Å². The Morgan fingerprint density at radius 2 is 1.59 bits per heavy atom. The Morgan fingerprint density at radius 1 is 1.12 bits per heavy atom. The highest BCUT2D eigenvalue weighted by atomic mass is 14.8. The summed E-state index contributed by atoms with van der Waals surface area (Å²) in [5.41, 5.74) is 7.12. The highest BCUT2D eigenvalue weighted by Crippen LogP contribution is 2.59. The van der Waals surface area contributed by atoms with E-state index in [1.54, 1.807) is 0 Å². The van der Waals surface area contributed by atoms with Gasteiger partial charge in [0.2, 0.25) is 0 Å². The molecule has 0 saturated heterocycles. The van der Waals surface area contributed by atoms with Gasteiger partial charge < -0.3 is 5.73 Å². The molecule has 1 nitrogen and oxygen atoms in total. The Bertz CT molecular complexity index is 270. The molecule has 0 aromatic rings. The third-order valence-electron chi connectivity index (χ3n) is 6.21. The molecule has 17 heavy (non-hydrogen) atoms. The van der Waals surface area contributed by atoms with Crippen molar-refractivity contribution in [2.45, 2.75) is 73.8 Å². The van der Waals surface area contributed by atoms with Crippen molar-refractivity contribution in [3.8, 4) is 0 Å². The molecule has 0 heterocycles. The van der Waals surface area contributed by atoms with E-state index in [-0.39, 0.29) is 16.4 Å². The first-order chi connectivity index (χ1) is 7.46. The average Bonchev–Trinajstić information content (AvgIpc) is 2.94. The Hall–Kier alpha value is -0.0400. The van der Waals surface area contributed by atoms with Gasteiger partial charge >= 0.3 is 0 Å². The fraction of sp³-hybridized carbons (Fsp3) is 1.00. The molecule has 1 heteroatoms. The van der Waals surface area contributed by atoms with Gasteiger partial charge in [-0.05, 0) is 41.9 Å². The maximum absolute atomic E-state index is 6.77. The van der Waals surface area contributed by atoms with E-state index in [1.807, 2.05) is 0 Å². The van der Waals surface area contributed by atoms with Gasteiger partial charge in [-0.3, -0.25) is 0 Å². The Morgan fingerprint density at radius 3 is 1.94 bits per heavy atom. The molecule has 0 radical (unpaired) electrons. The Labute approximate surface area is 109 Å². The van der Waals surface area contributed by atoms with Crippen LogP contribution in [0.25, 0.3) is 0 Å². The molecule has 4 atom stereocenters. The van der Waals surface area contributed by atoms with Gasteiger partial charge in [0.25, 0.3) is 0 Å². The van der Waals surface area contributed by atoms with Crippen molar-refractivity contribution in [3.63, 3.8) is 0 Å². The summed E-state index contributed by atoms with van der Waals surface area (Å²) in [5.74, 6) is 2.40. The summed E-state index contributed by atoms with van der Waals surface area (Å²) in [5, 5.41) is 0. The van der Waals surface area contributed by atoms with E-state index < -0.39 is 0 Å². The van der Waals surface area contributed by atoms with Crippen molar-refractivity contribution in [1.29, 1.82) is 0 Å². The van der Waals surface area contributed by atoms with Crippen molar-refractivity contribution in [1.82, 2.24) is 0 Å². The van der Waals surface area contributed by atoms with Gasteiger partial charge in [0.1, 0.15) is 0 Å². The van der Waals surface area contributed by atoms with Crippen LogP contribution in [-0.4, -0.2) is 5.54 Å². The SMILES string of the molecule is CCC(C)C1CC1C(C)(N)C(C)(C)C(C)(C)C. The first-order valence-corrected chi connectivity index (χ1v) is 7.25. The van der Waals surface area contributed by atoms with Crippen LogP contribution < -0.4 is 5.73 Å². The molecule has 1 fully saturated rings. The van der Waals surface area contributed by atoms with Crippen molar-refractivity contribution in [3.05, 3.63) is 0 Å². The van der Waals surface area contributed by atoms with E-state index in [4.69, 9.17) is 5.73 Å². The zero-order chi connectivity index (χ0) is 13.6. The lowest BCUT2D eigenvalue weighted by molar-refractivity contribution is 0.0222. The van der Waals surface area contributed by atoms with E-state index in [2.05, 4.69) is 55.4 Å². The second kappa shape index (κ2) is 4.26. The molecule has 0 spiro atoms. The van der Waals surface area contributed by atoms with E-state index in [0.29, 0.717) is 5.92 Å². The molecule has 0 aromatic carbocycles. The van der Waals surface area contributed by atoms with Crippen LogP contribution in [-0.2, 0) is 0 Å². The summed E-state index contributed by atoms with van der Waals surface area (Å²) in [7, 11) is 0. The molecule has 1 aliphatic carbocycles. The van der Waals surface area contributed by atoms with Gasteiger partial charge in [0.15, 0.2) is 0 Å². The van der Waals surface area contributed by atoms with E-state index >= 15 is 0 Å². The van der Waals surface area contributed by atoms with Gasteiger partial charge in [-0.25, -0.2) is 0 Å². The predicted molar refractivity (Wildman–Crippen MR) is 76.9 cm³/mol. The van der Waals surface area contributed by atoms with Crippen LogP contribution in [0, 0.1) is 28.6 Å². The third-order valence-corrected chi connectivity index (χ3v) is 6.21. The summed E-state index contributed by atoms with van der Waals surface area (Å²) in [4.78, 5) is 0. The molecule has 1 rings (SSSR count). The lowest BCUT2D eigenvalue weighted by Crippen LogP contribution is -2.58. The number of hydrogen-bond acceptors (Lipinski definition) is 1. The summed E-state index contributed by atoms with van der Waals surface area (Å²) < 4.78 is 0. The minimum atomic E-state index is -0.0562. The fourth-order valence-corrected chi connectivity index (χ4v) is 3.11. The van der Waals surface area contributed by atoms with Crippen molar-refractivity contribution in [2.24, 2.45) is 34.3 Å².